The first-order valence-corrected chi connectivity index (χ1v) is 3.97. The maximum absolute atomic E-state index is 10.8. The Morgan fingerprint density at radius 1 is 1.40 bits per heavy atom. The normalized spacial score (nSPS) is 9.33. The summed E-state index contributed by atoms with van der Waals surface area (Å²) in [5.41, 5.74) is 1.16. The molecule has 0 aliphatic carbocycles. The van der Waals surface area contributed by atoms with Crippen LogP contribution in [0.15, 0.2) is 30.6 Å². The Kier molecular flexibility index (Phi) is 4.02. The predicted molar refractivity (Wildman–Crippen MR) is 49.9 cm³/mol. The Morgan fingerprint density at radius 3 is 2.80 bits per heavy atom. The van der Waals surface area contributed by atoms with Gasteiger partial charge in [0.1, 0.15) is 5.69 Å². The molecule has 15 heavy (non-hydrogen) atoms. The molecule has 0 saturated carbocycles. The molecule has 0 unspecified atom stereocenters. The van der Waals surface area contributed by atoms with Crippen LogP contribution in [0.1, 0.15) is 11.8 Å². The molecule has 0 atom stereocenters. The van der Waals surface area contributed by atoms with Gasteiger partial charge in [-0.3, -0.25) is 10.1 Å². The van der Waals surface area contributed by atoms with Gasteiger partial charge in [-0.1, -0.05) is 0 Å². The van der Waals surface area contributed by atoms with Gasteiger partial charge in [-0.15, -0.1) is 0 Å². The molecule has 0 saturated heterocycles. The number of H-pyrrole nitrogens is 1. The van der Waals surface area contributed by atoms with Gasteiger partial charge in [-0.25, -0.2) is 4.79 Å². The minimum Gasteiger partial charge on any atom is -1.00 e. The molecule has 0 aliphatic heterocycles. The Bertz CT molecular complexity index is 462. The van der Waals surface area contributed by atoms with Crippen molar-refractivity contribution in [3.8, 4) is 11.4 Å². The number of rotatable bonds is 2. The number of pyridine rings is 1. The van der Waals surface area contributed by atoms with Crippen molar-refractivity contribution in [2.75, 3.05) is 0 Å². The van der Waals surface area contributed by atoms with Crippen LogP contribution in [0.4, 0.5) is 0 Å². The number of carboxylic acid groups (broad SMARTS) is 1. The van der Waals surface area contributed by atoms with E-state index >= 15 is 0 Å². The number of aromatic carboxylic acids is 1. The van der Waals surface area contributed by atoms with Gasteiger partial charge in [0.2, 0.25) is 0 Å². The van der Waals surface area contributed by atoms with Gasteiger partial charge in [-0.05, 0) is 18.2 Å². The van der Waals surface area contributed by atoms with Gasteiger partial charge < -0.3 is 6.53 Å². The van der Waals surface area contributed by atoms with E-state index in [1.807, 2.05) is 0 Å². The molecule has 0 aromatic carbocycles. The SMILES string of the molecule is O=C(O)c1cccnc1-c1ccn[nH]1.[H-].[Na+]. The van der Waals surface area contributed by atoms with Crippen molar-refractivity contribution in [3.05, 3.63) is 36.2 Å². The van der Waals surface area contributed by atoms with E-state index in [4.69, 9.17) is 5.11 Å². The minimum absolute atomic E-state index is 0. The zero-order valence-electron chi connectivity index (χ0n) is 9.14. The van der Waals surface area contributed by atoms with E-state index in [9.17, 15) is 4.79 Å². The van der Waals surface area contributed by atoms with Crippen LogP contribution in [-0.4, -0.2) is 26.3 Å². The maximum atomic E-state index is 10.8. The molecule has 0 fully saturated rings. The molecule has 0 radical (unpaired) electrons. The first-order chi connectivity index (χ1) is 6.79. The van der Waals surface area contributed by atoms with Crippen molar-refractivity contribution in [3.63, 3.8) is 0 Å². The Balaban J connectivity index is 0.00000112. The molecule has 2 rings (SSSR count). The zero-order valence-corrected chi connectivity index (χ0v) is 10.1. The van der Waals surface area contributed by atoms with Crippen LogP contribution in [0.2, 0.25) is 0 Å². The van der Waals surface area contributed by atoms with Crippen LogP contribution >= 0.6 is 0 Å². The van der Waals surface area contributed by atoms with E-state index in [-0.39, 0.29) is 36.5 Å². The van der Waals surface area contributed by atoms with Crippen LogP contribution in [0, 0.1) is 0 Å². The molecular weight excluding hydrogens is 205 g/mol. The summed E-state index contributed by atoms with van der Waals surface area (Å²) in [4.78, 5) is 14.8. The molecule has 0 aliphatic rings. The summed E-state index contributed by atoms with van der Waals surface area (Å²) in [6.07, 6.45) is 3.10. The number of carboxylic acids is 1. The molecule has 0 bridgehead atoms. The van der Waals surface area contributed by atoms with E-state index in [0.29, 0.717) is 11.4 Å². The van der Waals surface area contributed by atoms with Crippen molar-refractivity contribution in [1.82, 2.24) is 15.2 Å². The number of hydrogen-bond acceptors (Lipinski definition) is 3. The van der Waals surface area contributed by atoms with E-state index < -0.39 is 5.97 Å². The molecule has 0 amide bonds. The second-order valence-electron chi connectivity index (χ2n) is 2.68. The van der Waals surface area contributed by atoms with Crippen molar-refractivity contribution >= 4 is 5.97 Å². The van der Waals surface area contributed by atoms with Gasteiger partial charge in [0, 0.05) is 12.4 Å². The van der Waals surface area contributed by atoms with Gasteiger partial charge in [-0.2, -0.15) is 5.10 Å². The fourth-order valence-electron chi connectivity index (χ4n) is 1.18. The minimum atomic E-state index is -0.997. The predicted octanol–water partition coefficient (Wildman–Crippen LogP) is -1.71. The molecule has 5 nitrogen and oxygen atoms in total. The third kappa shape index (κ3) is 2.44. The van der Waals surface area contributed by atoms with Crippen LogP contribution < -0.4 is 29.6 Å². The number of aromatic amines is 1. The number of aromatic nitrogens is 3. The monoisotopic (exact) mass is 213 g/mol. The number of carbonyl (C=O) groups is 1. The van der Waals surface area contributed by atoms with Crippen molar-refractivity contribution in [1.29, 1.82) is 0 Å². The number of hydrogen-bond donors (Lipinski definition) is 2. The van der Waals surface area contributed by atoms with Crippen LogP contribution in [0.5, 0.6) is 0 Å². The fraction of sp³-hybridized carbons (Fsp3) is 0. The van der Waals surface area contributed by atoms with E-state index in [1.54, 1.807) is 24.5 Å². The molecule has 2 aromatic heterocycles. The van der Waals surface area contributed by atoms with Gasteiger partial charge in [0.15, 0.2) is 0 Å². The van der Waals surface area contributed by atoms with Gasteiger partial charge >= 0.3 is 35.5 Å². The average Bonchev–Trinajstić information content (AvgIpc) is 2.70. The zero-order chi connectivity index (χ0) is 9.97. The molecule has 72 valence electrons. The summed E-state index contributed by atoms with van der Waals surface area (Å²) < 4.78 is 0. The van der Waals surface area contributed by atoms with E-state index in [1.165, 1.54) is 6.07 Å². The first-order valence-electron chi connectivity index (χ1n) is 3.97. The molecule has 6 heteroatoms. The molecule has 2 N–H and O–H groups in total. The third-order valence-corrected chi connectivity index (χ3v) is 1.79. The summed E-state index contributed by atoms with van der Waals surface area (Å²) >= 11 is 0. The molecule has 2 aromatic rings. The molecular formula is C9H8N3NaO2. The summed E-state index contributed by atoms with van der Waals surface area (Å²) in [5.74, 6) is -0.997. The van der Waals surface area contributed by atoms with Gasteiger partial charge in [0.25, 0.3) is 0 Å². The molecule has 2 heterocycles. The number of nitrogens with one attached hydrogen (secondary N) is 1. The van der Waals surface area contributed by atoms with Crippen molar-refractivity contribution in [2.24, 2.45) is 0 Å². The Hall–Kier alpha value is -1.17. The maximum Gasteiger partial charge on any atom is 1.00 e. The topological polar surface area (TPSA) is 78.9 Å². The average molecular weight is 213 g/mol. The number of nitrogens with zero attached hydrogens (tertiary/aromatic N) is 2. The van der Waals surface area contributed by atoms with Gasteiger partial charge in [0.05, 0.1) is 11.3 Å². The van der Waals surface area contributed by atoms with E-state index in [0.717, 1.165) is 0 Å². The summed E-state index contributed by atoms with van der Waals surface area (Å²) in [5, 5.41) is 15.3. The quantitative estimate of drug-likeness (QED) is 0.582. The van der Waals surface area contributed by atoms with Crippen molar-refractivity contribution in [2.45, 2.75) is 0 Å². The molecule has 0 spiro atoms. The van der Waals surface area contributed by atoms with Crippen molar-refractivity contribution < 1.29 is 40.9 Å². The smallest absolute Gasteiger partial charge is 1.00 e. The van der Waals surface area contributed by atoms with Crippen LogP contribution in [0.25, 0.3) is 11.4 Å². The van der Waals surface area contributed by atoms with Crippen LogP contribution in [0.3, 0.4) is 0 Å². The summed E-state index contributed by atoms with van der Waals surface area (Å²) in [6, 6.07) is 4.77. The third-order valence-electron chi connectivity index (χ3n) is 1.79. The summed E-state index contributed by atoms with van der Waals surface area (Å²) in [7, 11) is 0. The second kappa shape index (κ2) is 5.06. The summed E-state index contributed by atoms with van der Waals surface area (Å²) in [6.45, 7) is 0. The largest absolute Gasteiger partial charge is 1.00 e. The standard InChI is InChI=1S/C9H7N3O2.Na.H/c13-9(14)6-2-1-4-10-8(6)7-3-5-11-12-7;;/h1-5H,(H,11,12)(H,13,14);;/q;+1;-1. The fourth-order valence-corrected chi connectivity index (χ4v) is 1.18. The first kappa shape index (κ1) is 11.9. The van der Waals surface area contributed by atoms with Crippen LogP contribution in [-0.2, 0) is 0 Å². The Labute approximate surface area is 109 Å². The second-order valence-corrected chi connectivity index (χ2v) is 2.68. The Morgan fingerprint density at radius 2 is 2.20 bits per heavy atom. The van der Waals surface area contributed by atoms with E-state index in [2.05, 4.69) is 15.2 Å².